The molecule has 0 fully saturated rings. The average molecular weight is 201 g/mol. The smallest absolute Gasteiger partial charge is 0.0923 e. The molecular formula is C12H15N3. The quantitative estimate of drug-likeness (QED) is 0.797. The van der Waals surface area contributed by atoms with Gasteiger partial charge in [0.25, 0.3) is 0 Å². The predicted molar refractivity (Wildman–Crippen MR) is 61.4 cm³/mol. The highest BCUT2D eigenvalue weighted by molar-refractivity contribution is 5.58. The normalized spacial score (nSPS) is 12.7. The molecule has 0 radical (unpaired) electrons. The minimum absolute atomic E-state index is 0.161. The van der Waals surface area contributed by atoms with E-state index in [1.54, 1.807) is 0 Å². The summed E-state index contributed by atoms with van der Waals surface area (Å²) in [4.78, 5) is 0. The number of benzene rings is 1. The largest absolute Gasteiger partial charge is 0.328 e. The van der Waals surface area contributed by atoms with Gasteiger partial charge in [0, 0.05) is 23.7 Å². The molecule has 3 nitrogen and oxygen atoms in total. The van der Waals surface area contributed by atoms with Crippen molar-refractivity contribution in [2.24, 2.45) is 5.73 Å². The third kappa shape index (κ3) is 2.44. The van der Waals surface area contributed by atoms with Gasteiger partial charge in [0.1, 0.15) is 0 Å². The molecule has 15 heavy (non-hydrogen) atoms. The number of nitrogens with zero attached hydrogens (tertiary/aromatic N) is 1. The van der Waals surface area contributed by atoms with Gasteiger partial charge in [-0.15, -0.1) is 0 Å². The summed E-state index contributed by atoms with van der Waals surface area (Å²) in [5.74, 6) is 0. The van der Waals surface area contributed by atoms with Crippen molar-refractivity contribution in [2.45, 2.75) is 19.4 Å². The van der Waals surface area contributed by atoms with Crippen molar-refractivity contribution in [1.82, 2.24) is 10.2 Å². The van der Waals surface area contributed by atoms with Gasteiger partial charge in [0.15, 0.2) is 0 Å². The van der Waals surface area contributed by atoms with E-state index in [1.165, 1.54) is 0 Å². The molecule has 0 saturated carbocycles. The molecular weight excluding hydrogens is 186 g/mol. The van der Waals surface area contributed by atoms with Crippen molar-refractivity contribution in [1.29, 1.82) is 0 Å². The summed E-state index contributed by atoms with van der Waals surface area (Å²) in [5.41, 5.74) is 8.92. The summed E-state index contributed by atoms with van der Waals surface area (Å²) in [5, 5.41) is 7.26. The predicted octanol–water partition coefficient (Wildman–Crippen LogP) is 1.97. The van der Waals surface area contributed by atoms with Crippen LogP contribution >= 0.6 is 0 Å². The lowest BCUT2D eigenvalue weighted by atomic mass is 10.1. The van der Waals surface area contributed by atoms with E-state index in [-0.39, 0.29) is 6.04 Å². The van der Waals surface area contributed by atoms with Gasteiger partial charge >= 0.3 is 0 Å². The van der Waals surface area contributed by atoms with Gasteiger partial charge in [0.05, 0.1) is 5.69 Å². The molecule has 3 heteroatoms. The number of nitrogens with one attached hydrogen (secondary N) is 1. The Labute approximate surface area is 89.3 Å². The first kappa shape index (κ1) is 9.93. The third-order valence-electron chi connectivity index (χ3n) is 2.24. The Bertz CT molecular complexity index is 417. The Balaban J connectivity index is 2.21. The van der Waals surface area contributed by atoms with E-state index < -0.39 is 0 Å². The average Bonchev–Trinajstić information content (AvgIpc) is 2.67. The number of aromatic nitrogens is 2. The molecule has 2 rings (SSSR count). The fourth-order valence-electron chi connectivity index (χ4n) is 1.57. The second-order valence-corrected chi connectivity index (χ2v) is 3.83. The number of hydrogen-bond donors (Lipinski definition) is 2. The molecule has 0 aliphatic rings. The van der Waals surface area contributed by atoms with Crippen LogP contribution in [0.2, 0.25) is 0 Å². The molecule has 1 heterocycles. The summed E-state index contributed by atoms with van der Waals surface area (Å²) < 4.78 is 0. The van der Waals surface area contributed by atoms with E-state index in [9.17, 15) is 0 Å². The topological polar surface area (TPSA) is 54.7 Å². The number of H-pyrrole nitrogens is 1. The summed E-state index contributed by atoms with van der Waals surface area (Å²) in [7, 11) is 0. The Morgan fingerprint density at radius 3 is 2.73 bits per heavy atom. The van der Waals surface area contributed by atoms with Gasteiger partial charge in [-0.3, -0.25) is 5.10 Å². The standard InChI is InChI=1S/C12H15N3/c1-9(13)7-11-8-12(15-14-11)10-5-3-2-4-6-10/h2-6,8-9H,7,13H2,1H3,(H,14,15)/t9-/m0/s1. The van der Waals surface area contributed by atoms with Crippen LogP contribution in [0.5, 0.6) is 0 Å². The van der Waals surface area contributed by atoms with Crippen molar-refractivity contribution < 1.29 is 0 Å². The molecule has 0 spiro atoms. The lowest BCUT2D eigenvalue weighted by Crippen LogP contribution is -2.17. The van der Waals surface area contributed by atoms with Gasteiger partial charge in [-0.1, -0.05) is 30.3 Å². The van der Waals surface area contributed by atoms with Crippen LogP contribution in [-0.4, -0.2) is 16.2 Å². The third-order valence-corrected chi connectivity index (χ3v) is 2.24. The Kier molecular flexibility index (Phi) is 2.83. The Morgan fingerprint density at radius 1 is 1.33 bits per heavy atom. The second-order valence-electron chi connectivity index (χ2n) is 3.83. The highest BCUT2D eigenvalue weighted by atomic mass is 15.1. The van der Waals surface area contributed by atoms with E-state index >= 15 is 0 Å². The highest BCUT2D eigenvalue weighted by Crippen LogP contribution is 2.17. The summed E-state index contributed by atoms with van der Waals surface area (Å²) in [6.07, 6.45) is 0.833. The van der Waals surface area contributed by atoms with Gasteiger partial charge < -0.3 is 5.73 Å². The summed E-state index contributed by atoms with van der Waals surface area (Å²) in [6, 6.07) is 12.3. The molecule has 3 N–H and O–H groups in total. The number of hydrogen-bond acceptors (Lipinski definition) is 2. The van der Waals surface area contributed by atoms with Crippen LogP contribution < -0.4 is 5.73 Å². The maximum atomic E-state index is 5.72. The summed E-state index contributed by atoms with van der Waals surface area (Å²) >= 11 is 0. The maximum Gasteiger partial charge on any atom is 0.0923 e. The molecule has 0 aliphatic heterocycles. The fourth-order valence-corrected chi connectivity index (χ4v) is 1.57. The van der Waals surface area contributed by atoms with Crippen LogP contribution in [0.3, 0.4) is 0 Å². The molecule has 1 aromatic carbocycles. The van der Waals surface area contributed by atoms with Crippen molar-refractivity contribution in [2.75, 3.05) is 0 Å². The zero-order valence-corrected chi connectivity index (χ0v) is 8.77. The van der Waals surface area contributed by atoms with E-state index in [2.05, 4.69) is 16.3 Å². The zero-order valence-electron chi connectivity index (χ0n) is 8.77. The van der Waals surface area contributed by atoms with E-state index in [0.29, 0.717) is 0 Å². The van der Waals surface area contributed by atoms with Gasteiger partial charge in [0.2, 0.25) is 0 Å². The van der Waals surface area contributed by atoms with Gasteiger partial charge in [-0.25, -0.2) is 0 Å². The minimum Gasteiger partial charge on any atom is -0.328 e. The van der Waals surface area contributed by atoms with Crippen molar-refractivity contribution in [3.8, 4) is 11.3 Å². The Morgan fingerprint density at radius 2 is 2.07 bits per heavy atom. The van der Waals surface area contributed by atoms with Crippen molar-refractivity contribution in [3.05, 3.63) is 42.1 Å². The molecule has 0 aliphatic carbocycles. The molecule has 0 unspecified atom stereocenters. The second kappa shape index (κ2) is 4.28. The van der Waals surface area contributed by atoms with Crippen LogP contribution in [0.4, 0.5) is 0 Å². The number of aromatic amines is 1. The lowest BCUT2D eigenvalue weighted by Gasteiger charge is -1.99. The molecule has 1 aromatic heterocycles. The van der Waals surface area contributed by atoms with E-state index in [1.807, 2.05) is 37.3 Å². The number of nitrogens with two attached hydrogens (primary N) is 1. The fraction of sp³-hybridized carbons (Fsp3) is 0.250. The van der Waals surface area contributed by atoms with Crippen LogP contribution in [0.15, 0.2) is 36.4 Å². The van der Waals surface area contributed by atoms with E-state index in [4.69, 9.17) is 5.73 Å². The first-order chi connectivity index (χ1) is 7.25. The molecule has 0 bridgehead atoms. The van der Waals surface area contributed by atoms with Gasteiger partial charge in [-0.05, 0) is 13.0 Å². The molecule has 2 aromatic rings. The van der Waals surface area contributed by atoms with Crippen LogP contribution in [0.25, 0.3) is 11.3 Å². The van der Waals surface area contributed by atoms with E-state index in [0.717, 1.165) is 23.4 Å². The zero-order chi connectivity index (χ0) is 10.7. The molecule has 0 amide bonds. The van der Waals surface area contributed by atoms with Crippen LogP contribution in [-0.2, 0) is 6.42 Å². The monoisotopic (exact) mass is 201 g/mol. The SMILES string of the molecule is C[C@H](N)Cc1cc(-c2ccccc2)n[nH]1. The first-order valence-electron chi connectivity index (χ1n) is 5.11. The minimum atomic E-state index is 0.161. The van der Waals surface area contributed by atoms with Crippen LogP contribution in [0.1, 0.15) is 12.6 Å². The number of rotatable bonds is 3. The van der Waals surface area contributed by atoms with Crippen LogP contribution in [0, 0.1) is 0 Å². The lowest BCUT2D eigenvalue weighted by molar-refractivity contribution is 0.719. The molecule has 1 atom stereocenters. The van der Waals surface area contributed by atoms with Gasteiger partial charge in [-0.2, -0.15) is 5.10 Å². The maximum absolute atomic E-state index is 5.72. The Hall–Kier alpha value is -1.61. The first-order valence-corrected chi connectivity index (χ1v) is 5.11. The molecule has 0 saturated heterocycles. The highest BCUT2D eigenvalue weighted by Gasteiger charge is 2.04. The van der Waals surface area contributed by atoms with Crippen molar-refractivity contribution >= 4 is 0 Å². The van der Waals surface area contributed by atoms with Crippen molar-refractivity contribution in [3.63, 3.8) is 0 Å². The summed E-state index contributed by atoms with van der Waals surface area (Å²) in [6.45, 7) is 1.99. The molecule has 78 valence electrons.